The minimum absolute atomic E-state index is 0.0166. The van der Waals surface area contributed by atoms with E-state index in [1.165, 1.54) is 23.3 Å². The lowest BCUT2D eigenvalue weighted by atomic mass is 9.77. The summed E-state index contributed by atoms with van der Waals surface area (Å²) in [6.45, 7) is 14.1. The van der Waals surface area contributed by atoms with E-state index in [-0.39, 0.29) is 17.1 Å². The van der Waals surface area contributed by atoms with E-state index in [0.717, 1.165) is 31.8 Å². The highest BCUT2D eigenvalue weighted by Crippen LogP contribution is 2.44. The summed E-state index contributed by atoms with van der Waals surface area (Å²) >= 11 is 1.87. The smallest absolute Gasteiger partial charge is 0.0615 e. The predicted octanol–water partition coefficient (Wildman–Crippen LogP) is 5.44. The first-order valence-electron chi connectivity index (χ1n) is 10.2. The van der Waals surface area contributed by atoms with Crippen LogP contribution in [0.1, 0.15) is 56.7 Å². The molecular formula is C23H34N2OS. The second kappa shape index (κ2) is 8.42. The number of hydrogen-bond acceptors (Lipinski definition) is 4. The zero-order chi connectivity index (χ0) is 19.5. The summed E-state index contributed by atoms with van der Waals surface area (Å²) in [7, 11) is 0. The van der Waals surface area contributed by atoms with Gasteiger partial charge in [0, 0.05) is 40.9 Å². The van der Waals surface area contributed by atoms with E-state index >= 15 is 0 Å². The normalized spacial score (nSPS) is 22.3. The summed E-state index contributed by atoms with van der Waals surface area (Å²) in [4.78, 5) is 8.66. The van der Waals surface area contributed by atoms with Gasteiger partial charge in [-0.3, -0.25) is 9.88 Å². The number of likely N-dealkylation sites (tertiary alicyclic amines) is 1. The van der Waals surface area contributed by atoms with Gasteiger partial charge in [-0.05, 0) is 83.5 Å². The third-order valence-electron chi connectivity index (χ3n) is 6.52. The molecule has 4 heteroatoms. The summed E-state index contributed by atoms with van der Waals surface area (Å²) in [5.41, 5.74) is 2.57. The molecule has 0 spiro atoms. The summed E-state index contributed by atoms with van der Waals surface area (Å²) in [5, 5.41) is 2.18. The van der Waals surface area contributed by atoms with Gasteiger partial charge in [-0.2, -0.15) is 0 Å². The maximum absolute atomic E-state index is 6.15. The molecular weight excluding hydrogens is 352 g/mol. The Kier molecular flexibility index (Phi) is 6.39. The molecule has 0 aromatic carbocycles. The molecule has 0 bridgehead atoms. The Hall–Kier alpha value is -1.23. The maximum Gasteiger partial charge on any atom is 0.0615 e. The topological polar surface area (TPSA) is 25.4 Å². The number of aryl methyl sites for hydroxylation is 2. The molecule has 1 unspecified atom stereocenters. The molecule has 1 aliphatic rings. The average molecular weight is 387 g/mol. The van der Waals surface area contributed by atoms with Crippen molar-refractivity contribution in [3.8, 4) is 0 Å². The van der Waals surface area contributed by atoms with E-state index in [2.05, 4.69) is 67.2 Å². The maximum atomic E-state index is 6.15. The molecule has 0 N–H and O–H groups in total. The van der Waals surface area contributed by atoms with Gasteiger partial charge in [-0.25, -0.2) is 0 Å². The van der Waals surface area contributed by atoms with E-state index in [0.29, 0.717) is 0 Å². The third-order valence-corrected chi connectivity index (χ3v) is 7.46. The molecule has 3 rings (SSSR count). The fourth-order valence-electron chi connectivity index (χ4n) is 4.38. The quantitative estimate of drug-likeness (QED) is 0.604. The standard InChI is InChI=1S/C23H34N2OS/c1-6-26-19(3)23(12-11-21-8-7-15-27-21)13-14-25(17-23)22(4,5)20-10-9-18(2)24-16-20/h7-10,15-16,19H,6,11-14,17H2,1-5H3/t19?,23-/m0/s1. The molecule has 0 aliphatic carbocycles. The molecule has 2 aromatic rings. The Morgan fingerprint density at radius 2 is 2.15 bits per heavy atom. The summed E-state index contributed by atoms with van der Waals surface area (Å²) in [6, 6.07) is 8.78. The van der Waals surface area contributed by atoms with E-state index in [9.17, 15) is 0 Å². The van der Waals surface area contributed by atoms with Crippen LogP contribution in [0.3, 0.4) is 0 Å². The minimum atomic E-state index is -0.0166. The summed E-state index contributed by atoms with van der Waals surface area (Å²) in [5.74, 6) is 0. The molecule has 0 amide bonds. The summed E-state index contributed by atoms with van der Waals surface area (Å²) < 4.78 is 6.15. The first kappa shape index (κ1) is 20.5. The van der Waals surface area contributed by atoms with Crippen LogP contribution in [0, 0.1) is 12.3 Å². The lowest BCUT2D eigenvalue weighted by Crippen LogP contribution is -2.44. The minimum Gasteiger partial charge on any atom is -0.378 e. The molecule has 1 saturated heterocycles. The van der Waals surface area contributed by atoms with Crippen molar-refractivity contribution in [2.24, 2.45) is 5.41 Å². The van der Waals surface area contributed by atoms with Crippen LogP contribution in [0.4, 0.5) is 0 Å². The first-order valence-corrected chi connectivity index (χ1v) is 11.1. The van der Waals surface area contributed by atoms with Gasteiger partial charge in [0.1, 0.15) is 0 Å². The number of pyridine rings is 1. The zero-order valence-corrected chi connectivity index (χ0v) is 18.3. The van der Waals surface area contributed by atoms with Gasteiger partial charge in [-0.15, -0.1) is 11.3 Å². The van der Waals surface area contributed by atoms with Crippen LogP contribution in [0.25, 0.3) is 0 Å². The molecule has 1 aliphatic heterocycles. The van der Waals surface area contributed by atoms with Crippen molar-refractivity contribution in [2.75, 3.05) is 19.7 Å². The number of ether oxygens (including phenoxy) is 1. The zero-order valence-electron chi connectivity index (χ0n) is 17.5. The van der Waals surface area contributed by atoms with Crippen molar-refractivity contribution < 1.29 is 4.74 Å². The number of rotatable bonds is 8. The van der Waals surface area contributed by atoms with Crippen molar-refractivity contribution >= 4 is 11.3 Å². The molecule has 27 heavy (non-hydrogen) atoms. The van der Waals surface area contributed by atoms with Crippen LogP contribution in [0.2, 0.25) is 0 Å². The molecule has 2 aromatic heterocycles. The number of nitrogens with zero attached hydrogens (tertiary/aromatic N) is 2. The second-order valence-electron chi connectivity index (χ2n) is 8.46. The Labute approximate surface area is 168 Å². The lowest BCUT2D eigenvalue weighted by molar-refractivity contribution is -0.0291. The number of thiophene rings is 1. The highest BCUT2D eigenvalue weighted by atomic mass is 32.1. The van der Waals surface area contributed by atoms with Crippen molar-refractivity contribution in [3.63, 3.8) is 0 Å². The average Bonchev–Trinajstić information content (AvgIpc) is 3.31. The van der Waals surface area contributed by atoms with Gasteiger partial charge in [-0.1, -0.05) is 12.1 Å². The van der Waals surface area contributed by atoms with Crippen molar-refractivity contribution in [1.82, 2.24) is 9.88 Å². The lowest BCUT2D eigenvalue weighted by Gasteiger charge is -2.40. The van der Waals surface area contributed by atoms with Crippen LogP contribution in [-0.4, -0.2) is 35.7 Å². The Morgan fingerprint density at radius 3 is 2.78 bits per heavy atom. The van der Waals surface area contributed by atoms with Gasteiger partial charge in [0.25, 0.3) is 0 Å². The molecule has 148 valence electrons. The van der Waals surface area contributed by atoms with Gasteiger partial charge < -0.3 is 4.74 Å². The van der Waals surface area contributed by atoms with E-state index in [1.54, 1.807) is 0 Å². The van der Waals surface area contributed by atoms with E-state index in [1.807, 2.05) is 24.5 Å². The van der Waals surface area contributed by atoms with Crippen LogP contribution in [0.5, 0.6) is 0 Å². The Bertz CT molecular complexity index is 710. The fourth-order valence-corrected chi connectivity index (χ4v) is 5.09. The van der Waals surface area contributed by atoms with Gasteiger partial charge in [0.05, 0.1) is 6.10 Å². The van der Waals surface area contributed by atoms with Crippen molar-refractivity contribution in [2.45, 2.75) is 65.5 Å². The highest BCUT2D eigenvalue weighted by molar-refractivity contribution is 7.09. The molecule has 0 radical (unpaired) electrons. The summed E-state index contributed by atoms with van der Waals surface area (Å²) in [6.07, 6.45) is 5.86. The molecule has 2 atom stereocenters. The molecule has 3 nitrogen and oxygen atoms in total. The molecule has 3 heterocycles. The number of aromatic nitrogens is 1. The molecule has 1 fully saturated rings. The molecule has 0 saturated carbocycles. The first-order chi connectivity index (χ1) is 12.9. The van der Waals surface area contributed by atoms with Crippen molar-refractivity contribution in [1.29, 1.82) is 0 Å². The van der Waals surface area contributed by atoms with Crippen LogP contribution < -0.4 is 0 Å². The van der Waals surface area contributed by atoms with Crippen LogP contribution >= 0.6 is 11.3 Å². The van der Waals surface area contributed by atoms with Crippen LogP contribution in [-0.2, 0) is 16.7 Å². The van der Waals surface area contributed by atoms with Crippen molar-refractivity contribution in [3.05, 3.63) is 52.0 Å². The Morgan fingerprint density at radius 1 is 1.33 bits per heavy atom. The third kappa shape index (κ3) is 4.44. The van der Waals surface area contributed by atoms with Crippen LogP contribution in [0.15, 0.2) is 35.8 Å². The van der Waals surface area contributed by atoms with Gasteiger partial charge in [0.15, 0.2) is 0 Å². The predicted molar refractivity (Wildman–Crippen MR) is 114 cm³/mol. The van der Waals surface area contributed by atoms with E-state index < -0.39 is 0 Å². The Balaban J connectivity index is 1.78. The number of hydrogen-bond donors (Lipinski definition) is 0. The SMILES string of the molecule is CCOC(C)[C@@]1(CCc2cccs2)CCN(C(C)(C)c2ccc(C)nc2)C1. The fraction of sp³-hybridized carbons (Fsp3) is 0.609. The highest BCUT2D eigenvalue weighted by Gasteiger charge is 2.46. The van der Waals surface area contributed by atoms with E-state index in [4.69, 9.17) is 4.74 Å². The van der Waals surface area contributed by atoms with Gasteiger partial charge in [0.2, 0.25) is 0 Å². The second-order valence-corrected chi connectivity index (χ2v) is 9.49. The monoisotopic (exact) mass is 386 g/mol. The van der Waals surface area contributed by atoms with Gasteiger partial charge >= 0.3 is 0 Å². The largest absolute Gasteiger partial charge is 0.378 e.